The number of rotatable bonds is 3. The van der Waals surface area contributed by atoms with E-state index in [2.05, 4.69) is 13.8 Å². The molecule has 0 amide bonds. The van der Waals surface area contributed by atoms with Gasteiger partial charge in [0.2, 0.25) is 0 Å². The standard InChI is InChI=1S/C16H20F2O2/c1-9(2)10-3-5-13(16(19)20)14(7-10)12-6-4-11(17)8-15(12)18/h4,6,8-10,13-14H,3,5,7H2,1-2H3,(H,19,20). The minimum absolute atomic E-state index is 0.337. The fraction of sp³-hybridized carbons (Fsp3) is 0.562. The molecule has 0 saturated heterocycles. The molecule has 20 heavy (non-hydrogen) atoms. The number of carbonyl (C=O) groups is 1. The maximum atomic E-state index is 14.0. The minimum atomic E-state index is -0.888. The summed E-state index contributed by atoms with van der Waals surface area (Å²) in [6.45, 7) is 4.20. The summed E-state index contributed by atoms with van der Waals surface area (Å²) in [6, 6.07) is 3.44. The molecule has 1 aliphatic rings. The van der Waals surface area contributed by atoms with Gasteiger partial charge in [-0.25, -0.2) is 8.78 Å². The molecular weight excluding hydrogens is 262 g/mol. The molecule has 2 nitrogen and oxygen atoms in total. The third-order valence-corrected chi connectivity index (χ3v) is 4.51. The SMILES string of the molecule is CC(C)C1CCC(C(=O)O)C(c2ccc(F)cc2F)C1. The van der Waals surface area contributed by atoms with E-state index in [-0.39, 0.29) is 5.92 Å². The maximum Gasteiger partial charge on any atom is 0.307 e. The normalized spacial score (nSPS) is 26.8. The summed E-state index contributed by atoms with van der Waals surface area (Å²) in [5, 5.41) is 9.34. The molecule has 0 aliphatic heterocycles. The Kier molecular flexibility index (Phi) is 4.41. The van der Waals surface area contributed by atoms with Crippen LogP contribution in [0.3, 0.4) is 0 Å². The Balaban J connectivity index is 2.33. The van der Waals surface area contributed by atoms with E-state index >= 15 is 0 Å². The summed E-state index contributed by atoms with van der Waals surface area (Å²) >= 11 is 0. The van der Waals surface area contributed by atoms with Gasteiger partial charge in [0.25, 0.3) is 0 Å². The van der Waals surface area contributed by atoms with Crippen molar-refractivity contribution in [1.29, 1.82) is 0 Å². The summed E-state index contributed by atoms with van der Waals surface area (Å²) in [5.41, 5.74) is 0.337. The second kappa shape index (κ2) is 5.90. The fourth-order valence-corrected chi connectivity index (χ4v) is 3.25. The van der Waals surface area contributed by atoms with Crippen LogP contribution < -0.4 is 0 Å². The van der Waals surface area contributed by atoms with Crippen LogP contribution in [-0.2, 0) is 4.79 Å². The van der Waals surface area contributed by atoms with E-state index in [4.69, 9.17) is 0 Å². The van der Waals surface area contributed by atoms with Gasteiger partial charge >= 0.3 is 5.97 Å². The van der Waals surface area contributed by atoms with Crippen LogP contribution in [0.2, 0.25) is 0 Å². The molecule has 3 atom stereocenters. The first kappa shape index (κ1) is 14.9. The molecule has 110 valence electrons. The Bertz CT molecular complexity index is 499. The molecule has 1 aromatic carbocycles. The third kappa shape index (κ3) is 3.00. The van der Waals surface area contributed by atoms with Crippen LogP contribution in [0, 0.1) is 29.4 Å². The smallest absolute Gasteiger partial charge is 0.307 e. The van der Waals surface area contributed by atoms with Gasteiger partial charge in [0.1, 0.15) is 11.6 Å². The lowest BCUT2D eigenvalue weighted by atomic mass is 9.68. The quantitative estimate of drug-likeness (QED) is 0.902. The van der Waals surface area contributed by atoms with Crippen molar-refractivity contribution in [1.82, 2.24) is 0 Å². The van der Waals surface area contributed by atoms with Crippen LogP contribution in [0.4, 0.5) is 8.78 Å². The van der Waals surface area contributed by atoms with Crippen molar-refractivity contribution in [2.75, 3.05) is 0 Å². The molecule has 4 heteroatoms. The van der Waals surface area contributed by atoms with Crippen molar-refractivity contribution in [3.8, 4) is 0 Å². The fourth-order valence-electron chi connectivity index (χ4n) is 3.25. The van der Waals surface area contributed by atoms with Gasteiger partial charge in [-0.15, -0.1) is 0 Å². The number of hydrogen-bond donors (Lipinski definition) is 1. The summed E-state index contributed by atoms with van der Waals surface area (Å²) in [7, 11) is 0. The van der Waals surface area contributed by atoms with Crippen LogP contribution in [0.15, 0.2) is 18.2 Å². The molecule has 0 aromatic heterocycles. The zero-order valence-electron chi connectivity index (χ0n) is 11.8. The summed E-state index contributed by atoms with van der Waals surface area (Å²) < 4.78 is 27.0. The number of carboxylic acid groups (broad SMARTS) is 1. The Hall–Kier alpha value is -1.45. The van der Waals surface area contributed by atoms with Crippen molar-refractivity contribution < 1.29 is 18.7 Å². The Morgan fingerprint density at radius 1 is 1.30 bits per heavy atom. The van der Waals surface area contributed by atoms with Crippen molar-refractivity contribution in [2.24, 2.45) is 17.8 Å². The van der Waals surface area contributed by atoms with Crippen LogP contribution in [-0.4, -0.2) is 11.1 Å². The van der Waals surface area contributed by atoms with Crippen molar-refractivity contribution in [2.45, 2.75) is 39.0 Å². The largest absolute Gasteiger partial charge is 0.481 e. The van der Waals surface area contributed by atoms with E-state index in [0.29, 0.717) is 30.2 Å². The average Bonchev–Trinajstić information content (AvgIpc) is 2.37. The first-order chi connectivity index (χ1) is 9.40. The van der Waals surface area contributed by atoms with E-state index in [0.717, 1.165) is 12.5 Å². The van der Waals surface area contributed by atoms with E-state index < -0.39 is 23.5 Å². The van der Waals surface area contributed by atoms with E-state index in [9.17, 15) is 18.7 Å². The van der Waals surface area contributed by atoms with Gasteiger partial charge in [-0.2, -0.15) is 0 Å². The van der Waals surface area contributed by atoms with Crippen molar-refractivity contribution in [3.63, 3.8) is 0 Å². The van der Waals surface area contributed by atoms with Gasteiger partial charge in [-0.05, 0) is 42.7 Å². The van der Waals surface area contributed by atoms with Crippen molar-refractivity contribution in [3.05, 3.63) is 35.4 Å². The Morgan fingerprint density at radius 2 is 2.00 bits per heavy atom. The van der Waals surface area contributed by atoms with Crippen LogP contribution in [0.1, 0.15) is 44.6 Å². The van der Waals surface area contributed by atoms with E-state index in [1.165, 1.54) is 12.1 Å². The molecule has 0 spiro atoms. The highest BCUT2D eigenvalue weighted by molar-refractivity contribution is 5.71. The molecule has 1 N–H and O–H groups in total. The van der Waals surface area contributed by atoms with Gasteiger partial charge in [0, 0.05) is 12.0 Å². The lowest BCUT2D eigenvalue weighted by Gasteiger charge is -2.36. The van der Waals surface area contributed by atoms with Gasteiger partial charge < -0.3 is 5.11 Å². The molecule has 0 heterocycles. The van der Waals surface area contributed by atoms with Gasteiger partial charge in [-0.1, -0.05) is 19.9 Å². The second-order valence-corrected chi connectivity index (χ2v) is 6.03. The van der Waals surface area contributed by atoms with Crippen LogP contribution in [0.5, 0.6) is 0 Å². The molecule has 2 rings (SSSR count). The summed E-state index contributed by atoms with van der Waals surface area (Å²) in [5.74, 6) is -2.27. The van der Waals surface area contributed by atoms with Crippen molar-refractivity contribution >= 4 is 5.97 Å². The number of carboxylic acids is 1. The number of hydrogen-bond acceptors (Lipinski definition) is 1. The van der Waals surface area contributed by atoms with Gasteiger partial charge in [0.15, 0.2) is 0 Å². The molecular formula is C16H20F2O2. The van der Waals surface area contributed by atoms with E-state index in [1.54, 1.807) is 0 Å². The highest BCUT2D eigenvalue weighted by atomic mass is 19.1. The zero-order valence-corrected chi connectivity index (χ0v) is 11.8. The molecule has 1 fully saturated rings. The zero-order chi connectivity index (χ0) is 14.9. The minimum Gasteiger partial charge on any atom is -0.481 e. The van der Waals surface area contributed by atoms with E-state index in [1.807, 2.05) is 0 Å². The summed E-state index contributed by atoms with van der Waals surface area (Å²) in [6.07, 6.45) is 2.06. The Morgan fingerprint density at radius 3 is 2.55 bits per heavy atom. The van der Waals surface area contributed by atoms with Gasteiger partial charge in [-0.3, -0.25) is 4.79 Å². The van der Waals surface area contributed by atoms with Crippen LogP contribution in [0.25, 0.3) is 0 Å². The highest BCUT2D eigenvalue weighted by Crippen LogP contribution is 2.44. The first-order valence-electron chi connectivity index (χ1n) is 7.08. The first-order valence-corrected chi connectivity index (χ1v) is 7.08. The summed E-state index contributed by atoms with van der Waals surface area (Å²) in [4.78, 5) is 11.4. The maximum absolute atomic E-state index is 14.0. The predicted molar refractivity (Wildman–Crippen MR) is 72.4 cm³/mol. The number of benzene rings is 1. The number of aliphatic carboxylic acids is 1. The highest BCUT2D eigenvalue weighted by Gasteiger charge is 2.37. The average molecular weight is 282 g/mol. The molecule has 1 aliphatic carbocycles. The lowest BCUT2D eigenvalue weighted by molar-refractivity contribution is -0.144. The molecule has 0 bridgehead atoms. The predicted octanol–water partition coefficient (Wildman–Crippen LogP) is 4.21. The third-order valence-electron chi connectivity index (χ3n) is 4.51. The monoisotopic (exact) mass is 282 g/mol. The lowest BCUT2D eigenvalue weighted by Crippen LogP contribution is -2.31. The van der Waals surface area contributed by atoms with Gasteiger partial charge in [0.05, 0.1) is 5.92 Å². The Labute approximate surface area is 117 Å². The molecule has 1 saturated carbocycles. The van der Waals surface area contributed by atoms with Crippen LogP contribution >= 0.6 is 0 Å². The number of halogens is 2. The molecule has 3 unspecified atom stereocenters. The topological polar surface area (TPSA) is 37.3 Å². The molecule has 1 aromatic rings. The second-order valence-electron chi connectivity index (χ2n) is 6.03. The molecule has 0 radical (unpaired) electrons.